The minimum Gasteiger partial charge on any atom is -0.481 e. The number of likely N-dealkylation sites (tertiary alicyclic amines) is 1. The SMILES string of the molecule is CC(C)N1C(=O)CC(C(=O)O)C1c1cc(Cl)ccc1Cl. The van der Waals surface area contributed by atoms with Crippen LogP contribution in [0.15, 0.2) is 18.2 Å². The van der Waals surface area contributed by atoms with E-state index in [-0.39, 0.29) is 18.4 Å². The summed E-state index contributed by atoms with van der Waals surface area (Å²) in [5.41, 5.74) is 0.589. The molecule has 0 spiro atoms. The maximum atomic E-state index is 12.1. The number of amides is 1. The fourth-order valence-electron chi connectivity index (χ4n) is 2.69. The van der Waals surface area contributed by atoms with Gasteiger partial charge in [0.2, 0.25) is 5.91 Å². The van der Waals surface area contributed by atoms with Crippen LogP contribution < -0.4 is 0 Å². The van der Waals surface area contributed by atoms with E-state index in [4.69, 9.17) is 23.2 Å². The van der Waals surface area contributed by atoms with Crippen LogP contribution in [-0.4, -0.2) is 27.9 Å². The summed E-state index contributed by atoms with van der Waals surface area (Å²) in [5.74, 6) is -1.98. The van der Waals surface area contributed by atoms with Crippen molar-refractivity contribution < 1.29 is 14.7 Å². The molecule has 108 valence electrons. The Kier molecular flexibility index (Phi) is 4.25. The minimum absolute atomic E-state index is 0.0129. The molecule has 1 amide bonds. The van der Waals surface area contributed by atoms with E-state index in [9.17, 15) is 14.7 Å². The molecule has 1 heterocycles. The summed E-state index contributed by atoms with van der Waals surface area (Å²) in [6, 6.07) is 4.22. The number of rotatable bonds is 3. The van der Waals surface area contributed by atoms with Crippen LogP contribution >= 0.6 is 23.2 Å². The van der Waals surface area contributed by atoms with Crippen molar-refractivity contribution in [3.63, 3.8) is 0 Å². The van der Waals surface area contributed by atoms with Crippen molar-refractivity contribution in [3.05, 3.63) is 33.8 Å². The van der Waals surface area contributed by atoms with Crippen molar-refractivity contribution >= 4 is 35.1 Å². The van der Waals surface area contributed by atoms with E-state index in [1.807, 2.05) is 13.8 Å². The third kappa shape index (κ3) is 2.63. The zero-order valence-corrected chi connectivity index (χ0v) is 12.6. The summed E-state index contributed by atoms with van der Waals surface area (Å²) in [6.45, 7) is 3.71. The molecule has 1 fully saturated rings. The number of halogens is 2. The monoisotopic (exact) mass is 315 g/mol. The van der Waals surface area contributed by atoms with E-state index in [0.717, 1.165) is 0 Å². The number of benzene rings is 1. The topological polar surface area (TPSA) is 57.6 Å². The van der Waals surface area contributed by atoms with Gasteiger partial charge in [0.15, 0.2) is 0 Å². The number of hydrogen-bond donors (Lipinski definition) is 1. The van der Waals surface area contributed by atoms with Gasteiger partial charge < -0.3 is 10.0 Å². The van der Waals surface area contributed by atoms with Gasteiger partial charge in [0.05, 0.1) is 12.0 Å². The van der Waals surface area contributed by atoms with E-state index in [1.54, 1.807) is 23.1 Å². The van der Waals surface area contributed by atoms with Gasteiger partial charge in [-0.05, 0) is 37.6 Å². The molecule has 0 aliphatic carbocycles. The molecule has 2 unspecified atom stereocenters. The summed E-state index contributed by atoms with van der Waals surface area (Å²) >= 11 is 12.2. The molecule has 1 N–H and O–H groups in total. The number of hydrogen-bond acceptors (Lipinski definition) is 2. The lowest BCUT2D eigenvalue weighted by atomic mass is 9.93. The number of aliphatic carboxylic acids is 1. The van der Waals surface area contributed by atoms with E-state index in [2.05, 4.69) is 0 Å². The lowest BCUT2D eigenvalue weighted by molar-refractivity contribution is -0.142. The fourth-order valence-corrected chi connectivity index (χ4v) is 3.10. The maximum absolute atomic E-state index is 12.1. The normalized spacial score (nSPS) is 22.6. The van der Waals surface area contributed by atoms with Crippen LogP contribution in [0.25, 0.3) is 0 Å². The Morgan fingerprint density at radius 3 is 2.60 bits per heavy atom. The first kappa shape index (κ1) is 15.1. The minimum atomic E-state index is -0.998. The fraction of sp³-hybridized carbons (Fsp3) is 0.429. The van der Waals surface area contributed by atoms with Crippen molar-refractivity contribution in [2.45, 2.75) is 32.4 Å². The molecule has 1 aromatic carbocycles. The second-order valence-electron chi connectivity index (χ2n) is 5.15. The van der Waals surface area contributed by atoms with Gasteiger partial charge in [0.25, 0.3) is 0 Å². The van der Waals surface area contributed by atoms with Gasteiger partial charge >= 0.3 is 5.97 Å². The summed E-state index contributed by atoms with van der Waals surface area (Å²) < 4.78 is 0. The summed E-state index contributed by atoms with van der Waals surface area (Å²) in [7, 11) is 0. The molecule has 6 heteroatoms. The van der Waals surface area contributed by atoms with Crippen molar-refractivity contribution in [3.8, 4) is 0 Å². The van der Waals surface area contributed by atoms with Crippen LogP contribution in [0, 0.1) is 5.92 Å². The number of carbonyl (C=O) groups excluding carboxylic acids is 1. The Labute approximate surface area is 127 Å². The van der Waals surface area contributed by atoms with Gasteiger partial charge in [0.1, 0.15) is 0 Å². The molecule has 0 aromatic heterocycles. The maximum Gasteiger partial charge on any atom is 0.309 e. The third-order valence-electron chi connectivity index (χ3n) is 3.51. The second-order valence-corrected chi connectivity index (χ2v) is 6.00. The summed E-state index contributed by atoms with van der Waals surface area (Å²) in [6.07, 6.45) is -0.0129. The molecule has 20 heavy (non-hydrogen) atoms. The zero-order valence-electron chi connectivity index (χ0n) is 11.1. The molecule has 1 saturated heterocycles. The summed E-state index contributed by atoms with van der Waals surface area (Å²) in [4.78, 5) is 25.1. The van der Waals surface area contributed by atoms with E-state index < -0.39 is 17.9 Å². The Morgan fingerprint density at radius 1 is 1.40 bits per heavy atom. The van der Waals surface area contributed by atoms with Gasteiger partial charge in [-0.25, -0.2) is 0 Å². The smallest absolute Gasteiger partial charge is 0.309 e. The first-order valence-corrected chi connectivity index (χ1v) is 7.07. The molecular formula is C14H15Cl2NO3. The van der Waals surface area contributed by atoms with Crippen LogP contribution in [0.5, 0.6) is 0 Å². The lowest BCUT2D eigenvalue weighted by Crippen LogP contribution is -2.36. The zero-order chi connectivity index (χ0) is 15.0. The number of carboxylic acid groups (broad SMARTS) is 1. The number of carbonyl (C=O) groups is 2. The highest BCUT2D eigenvalue weighted by Crippen LogP contribution is 2.42. The van der Waals surface area contributed by atoms with Crippen LogP contribution in [0.2, 0.25) is 10.0 Å². The van der Waals surface area contributed by atoms with Crippen LogP contribution in [0.3, 0.4) is 0 Å². The largest absolute Gasteiger partial charge is 0.481 e. The standard InChI is InChI=1S/C14H15Cl2NO3/c1-7(2)17-12(18)6-10(14(19)20)13(17)9-5-8(15)3-4-11(9)16/h3-5,7,10,13H,6H2,1-2H3,(H,19,20). The average Bonchev–Trinajstić information content (AvgIpc) is 2.70. The summed E-state index contributed by atoms with van der Waals surface area (Å²) in [5, 5.41) is 10.3. The molecule has 1 aliphatic rings. The Hall–Kier alpha value is -1.26. The molecule has 1 aliphatic heterocycles. The molecule has 0 bridgehead atoms. The number of nitrogens with zero attached hydrogens (tertiary/aromatic N) is 1. The quantitative estimate of drug-likeness (QED) is 0.930. The predicted octanol–water partition coefficient (Wildman–Crippen LogP) is 3.38. The van der Waals surface area contributed by atoms with Gasteiger partial charge in [-0.3, -0.25) is 9.59 Å². The Balaban J connectivity index is 2.54. The third-order valence-corrected chi connectivity index (χ3v) is 4.09. The number of carboxylic acids is 1. The molecule has 1 aromatic rings. The first-order chi connectivity index (χ1) is 9.32. The van der Waals surface area contributed by atoms with Gasteiger partial charge in [-0.2, -0.15) is 0 Å². The molecule has 0 saturated carbocycles. The molecule has 0 radical (unpaired) electrons. The highest BCUT2D eigenvalue weighted by atomic mass is 35.5. The molecular weight excluding hydrogens is 301 g/mol. The second kappa shape index (κ2) is 5.62. The Morgan fingerprint density at radius 2 is 2.05 bits per heavy atom. The van der Waals surface area contributed by atoms with Crippen molar-refractivity contribution in [1.29, 1.82) is 0 Å². The highest BCUT2D eigenvalue weighted by molar-refractivity contribution is 6.33. The van der Waals surface area contributed by atoms with Crippen molar-refractivity contribution in [1.82, 2.24) is 4.90 Å². The average molecular weight is 316 g/mol. The van der Waals surface area contributed by atoms with E-state index in [1.165, 1.54) is 0 Å². The van der Waals surface area contributed by atoms with Crippen LogP contribution in [0.1, 0.15) is 31.9 Å². The Bertz CT molecular complexity index is 559. The van der Waals surface area contributed by atoms with Crippen molar-refractivity contribution in [2.75, 3.05) is 0 Å². The van der Waals surface area contributed by atoms with Crippen molar-refractivity contribution in [2.24, 2.45) is 5.92 Å². The molecule has 4 nitrogen and oxygen atoms in total. The predicted molar refractivity (Wildman–Crippen MR) is 76.9 cm³/mol. The van der Waals surface area contributed by atoms with Crippen LogP contribution in [0.4, 0.5) is 0 Å². The lowest BCUT2D eigenvalue weighted by Gasteiger charge is -2.31. The van der Waals surface area contributed by atoms with E-state index in [0.29, 0.717) is 15.6 Å². The van der Waals surface area contributed by atoms with Gasteiger partial charge in [0, 0.05) is 22.5 Å². The highest BCUT2D eigenvalue weighted by Gasteiger charge is 2.46. The first-order valence-electron chi connectivity index (χ1n) is 6.32. The van der Waals surface area contributed by atoms with Gasteiger partial charge in [-0.15, -0.1) is 0 Å². The van der Waals surface area contributed by atoms with Gasteiger partial charge in [-0.1, -0.05) is 23.2 Å². The van der Waals surface area contributed by atoms with Crippen LogP contribution in [-0.2, 0) is 9.59 Å². The van der Waals surface area contributed by atoms with E-state index >= 15 is 0 Å². The molecule has 2 atom stereocenters. The molecule has 2 rings (SSSR count).